The number of rotatable bonds is 2. The first-order valence-corrected chi connectivity index (χ1v) is 5.65. The number of carbonyl (C=O) groups is 1. The smallest absolute Gasteiger partial charge is 0.339 e. The van der Waals surface area contributed by atoms with Gasteiger partial charge in [-0.15, -0.1) is 24.8 Å². The van der Waals surface area contributed by atoms with Crippen LogP contribution in [0.4, 0.5) is 0 Å². The van der Waals surface area contributed by atoms with Crippen molar-refractivity contribution in [2.45, 2.75) is 12.5 Å². The first-order chi connectivity index (χ1) is 8.31. The van der Waals surface area contributed by atoms with Crippen molar-refractivity contribution in [1.29, 1.82) is 0 Å². The molecule has 1 aromatic heterocycles. The van der Waals surface area contributed by atoms with E-state index in [1.54, 1.807) is 12.3 Å². The van der Waals surface area contributed by atoms with Crippen LogP contribution in [0.25, 0.3) is 0 Å². The first kappa shape index (κ1) is 18.1. The summed E-state index contributed by atoms with van der Waals surface area (Å²) in [5.41, 5.74) is 1.42. The van der Waals surface area contributed by atoms with Gasteiger partial charge in [0.1, 0.15) is 0 Å². The molecule has 0 aromatic carbocycles. The number of nitrogens with zero attached hydrogens (tertiary/aromatic N) is 1. The number of methoxy groups -OCH3 is 1. The quantitative estimate of drug-likeness (QED) is 0.844. The van der Waals surface area contributed by atoms with E-state index >= 15 is 0 Å². The van der Waals surface area contributed by atoms with Crippen LogP contribution in [0.1, 0.15) is 28.4 Å². The van der Waals surface area contributed by atoms with Crippen LogP contribution in [0.2, 0.25) is 0 Å². The lowest BCUT2D eigenvalue weighted by atomic mass is 10.1. The summed E-state index contributed by atoms with van der Waals surface area (Å²) in [5, 5.41) is 3.36. The molecule has 0 spiro atoms. The third-order valence-electron chi connectivity index (χ3n) is 2.72. The van der Waals surface area contributed by atoms with Crippen LogP contribution in [-0.4, -0.2) is 37.8 Å². The van der Waals surface area contributed by atoms with Gasteiger partial charge >= 0.3 is 5.97 Å². The van der Waals surface area contributed by atoms with Gasteiger partial charge in [-0.25, -0.2) is 4.79 Å². The van der Waals surface area contributed by atoms with Gasteiger partial charge in [0.15, 0.2) is 0 Å². The Morgan fingerprint density at radius 1 is 1.47 bits per heavy atom. The number of hydrogen-bond donors (Lipinski definition) is 1. The molecule has 1 N–H and O–H groups in total. The Kier molecular flexibility index (Phi) is 8.67. The molecule has 0 radical (unpaired) electrons. The fourth-order valence-corrected chi connectivity index (χ4v) is 1.80. The normalized spacial score (nSPS) is 18.5. The van der Waals surface area contributed by atoms with Gasteiger partial charge in [0.2, 0.25) is 0 Å². The first-order valence-electron chi connectivity index (χ1n) is 5.65. The van der Waals surface area contributed by atoms with E-state index in [0.717, 1.165) is 25.1 Å². The Hall–Kier alpha value is -0.880. The highest BCUT2D eigenvalue weighted by molar-refractivity contribution is 5.89. The highest BCUT2D eigenvalue weighted by atomic mass is 35.5. The zero-order chi connectivity index (χ0) is 12.1. The molecule has 0 bridgehead atoms. The fraction of sp³-hybridized carbons (Fsp3) is 0.500. The van der Waals surface area contributed by atoms with E-state index in [1.165, 1.54) is 13.3 Å². The van der Waals surface area contributed by atoms with Gasteiger partial charge in [0.05, 0.1) is 25.3 Å². The average Bonchev–Trinajstić information content (AvgIpc) is 2.67. The van der Waals surface area contributed by atoms with Crippen LogP contribution in [0.15, 0.2) is 18.5 Å². The summed E-state index contributed by atoms with van der Waals surface area (Å²) in [6, 6.07) is 1.89. The molecule has 2 rings (SSSR count). The van der Waals surface area contributed by atoms with Crippen LogP contribution in [0.5, 0.6) is 0 Å². The molecule has 1 aliphatic heterocycles. The molecule has 0 amide bonds. The van der Waals surface area contributed by atoms with Crippen molar-refractivity contribution in [1.82, 2.24) is 10.3 Å². The van der Waals surface area contributed by atoms with Crippen molar-refractivity contribution in [3.63, 3.8) is 0 Å². The van der Waals surface area contributed by atoms with Gasteiger partial charge in [0, 0.05) is 19.0 Å². The molecule has 7 heteroatoms. The number of hydrogen-bond acceptors (Lipinski definition) is 5. The number of halogens is 2. The van der Waals surface area contributed by atoms with Crippen molar-refractivity contribution in [2.24, 2.45) is 0 Å². The second-order valence-electron chi connectivity index (χ2n) is 3.93. The molecular formula is C12H18Cl2N2O3. The van der Waals surface area contributed by atoms with Crippen molar-refractivity contribution in [3.8, 4) is 0 Å². The van der Waals surface area contributed by atoms with Crippen LogP contribution in [-0.2, 0) is 9.47 Å². The molecule has 1 fully saturated rings. The lowest BCUT2D eigenvalue weighted by Crippen LogP contribution is -2.23. The van der Waals surface area contributed by atoms with E-state index in [4.69, 9.17) is 4.74 Å². The number of ether oxygens (including phenoxy) is 2. The number of aromatic nitrogens is 1. The summed E-state index contributed by atoms with van der Waals surface area (Å²) in [5.74, 6) is -0.367. The number of nitrogens with one attached hydrogen (secondary N) is 1. The monoisotopic (exact) mass is 308 g/mol. The van der Waals surface area contributed by atoms with E-state index in [1.807, 2.05) is 0 Å². The van der Waals surface area contributed by atoms with E-state index in [-0.39, 0.29) is 36.8 Å². The highest BCUT2D eigenvalue weighted by Gasteiger charge is 2.16. The highest BCUT2D eigenvalue weighted by Crippen LogP contribution is 2.16. The maximum Gasteiger partial charge on any atom is 0.339 e. The molecule has 1 unspecified atom stereocenters. The van der Waals surface area contributed by atoms with Crippen LogP contribution in [0.3, 0.4) is 0 Å². The lowest BCUT2D eigenvalue weighted by molar-refractivity contribution is 0.0600. The molecular weight excluding hydrogens is 291 g/mol. The Morgan fingerprint density at radius 3 is 3.00 bits per heavy atom. The molecule has 1 aliphatic rings. The van der Waals surface area contributed by atoms with Gasteiger partial charge in [-0.1, -0.05) is 0 Å². The second-order valence-corrected chi connectivity index (χ2v) is 3.93. The van der Waals surface area contributed by atoms with Crippen LogP contribution >= 0.6 is 24.8 Å². The Balaban J connectivity index is 0.00000162. The maximum atomic E-state index is 11.4. The zero-order valence-electron chi connectivity index (χ0n) is 10.6. The molecule has 5 nitrogen and oxygen atoms in total. The number of esters is 1. The third-order valence-corrected chi connectivity index (χ3v) is 2.72. The molecule has 1 aromatic rings. The van der Waals surface area contributed by atoms with E-state index in [2.05, 4.69) is 15.0 Å². The SMILES string of the molecule is COC(=O)c1cncc(C2COCCCN2)c1.Cl.Cl. The average molecular weight is 309 g/mol. The summed E-state index contributed by atoms with van der Waals surface area (Å²) < 4.78 is 10.2. The topological polar surface area (TPSA) is 60.5 Å². The predicted molar refractivity (Wildman–Crippen MR) is 76.3 cm³/mol. The molecule has 108 valence electrons. The minimum absolute atomic E-state index is 0. The van der Waals surface area contributed by atoms with Gasteiger partial charge < -0.3 is 14.8 Å². The number of pyridine rings is 1. The van der Waals surface area contributed by atoms with Crippen LogP contribution < -0.4 is 5.32 Å². The Labute approximate surface area is 124 Å². The van der Waals surface area contributed by atoms with Gasteiger partial charge in [-0.3, -0.25) is 4.98 Å². The van der Waals surface area contributed by atoms with Gasteiger partial charge in [-0.2, -0.15) is 0 Å². The molecule has 19 heavy (non-hydrogen) atoms. The molecule has 2 heterocycles. The summed E-state index contributed by atoms with van der Waals surface area (Å²) in [6.07, 6.45) is 4.26. The summed E-state index contributed by atoms with van der Waals surface area (Å²) >= 11 is 0. The Bertz CT molecular complexity index is 396. The minimum Gasteiger partial charge on any atom is -0.465 e. The van der Waals surface area contributed by atoms with Gasteiger partial charge in [-0.05, 0) is 24.6 Å². The van der Waals surface area contributed by atoms with E-state index in [9.17, 15) is 4.79 Å². The van der Waals surface area contributed by atoms with Gasteiger partial charge in [0.25, 0.3) is 0 Å². The van der Waals surface area contributed by atoms with Crippen LogP contribution in [0, 0.1) is 0 Å². The van der Waals surface area contributed by atoms with Crippen molar-refractivity contribution in [2.75, 3.05) is 26.9 Å². The Morgan fingerprint density at radius 2 is 2.26 bits per heavy atom. The fourth-order valence-electron chi connectivity index (χ4n) is 1.80. The summed E-state index contributed by atoms with van der Waals surface area (Å²) in [6.45, 7) is 2.28. The third kappa shape index (κ3) is 4.95. The second kappa shape index (κ2) is 9.09. The van der Waals surface area contributed by atoms with E-state index in [0.29, 0.717) is 12.2 Å². The standard InChI is InChI=1S/C12H16N2O3.2ClH/c1-16-12(15)10-5-9(6-13-7-10)11-8-17-4-2-3-14-11;;/h5-7,11,14H,2-4,8H2,1H3;2*1H. The lowest BCUT2D eigenvalue weighted by Gasteiger charge is -2.15. The minimum atomic E-state index is -0.367. The molecule has 1 atom stereocenters. The summed E-state index contributed by atoms with van der Waals surface area (Å²) in [7, 11) is 1.36. The predicted octanol–water partition coefficient (Wildman–Crippen LogP) is 1.76. The van der Waals surface area contributed by atoms with E-state index < -0.39 is 0 Å². The van der Waals surface area contributed by atoms with Crippen molar-refractivity contribution >= 4 is 30.8 Å². The summed E-state index contributed by atoms with van der Waals surface area (Å²) in [4.78, 5) is 15.5. The molecule has 0 saturated carbocycles. The molecule has 0 aliphatic carbocycles. The largest absolute Gasteiger partial charge is 0.465 e. The van der Waals surface area contributed by atoms with Crippen molar-refractivity contribution < 1.29 is 14.3 Å². The maximum absolute atomic E-state index is 11.4. The van der Waals surface area contributed by atoms with Crippen molar-refractivity contribution in [3.05, 3.63) is 29.6 Å². The molecule has 1 saturated heterocycles. The zero-order valence-corrected chi connectivity index (χ0v) is 12.3. The number of carbonyl (C=O) groups excluding carboxylic acids is 1.